The van der Waals surface area contributed by atoms with Gasteiger partial charge in [0.05, 0.1) is 17.7 Å². The minimum absolute atomic E-state index is 0.0573. The lowest BCUT2D eigenvalue weighted by molar-refractivity contribution is 0.0909. The topological polar surface area (TPSA) is 89.2 Å². The summed E-state index contributed by atoms with van der Waals surface area (Å²) in [6.45, 7) is 1.000. The van der Waals surface area contributed by atoms with Crippen molar-refractivity contribution in [2.24, 2.45) is 0 Å². The van der Waals surface area contributed by atoms with E-state index in [1.54, 1.807) is 41.1 Å². The smallest absolute Gasteiger partial charge is 0.272 e. The van der Waals surface area contributed by atoms with E-state index in [2.05, 4.69) is 16.5 Å². The molecule has 7 nitrogen and oxygen atoms in total. The van der Waals surface area contributed by atoms with Crippen LogP contribution in [0.4, 0.5) is 4.39 Å². The van der Waals surface area contributed by atoms with E-state index in [0.717, 1.165) is 23.3 Å². The standard InChI is InChI=1S/C24H21FN4O3/c25-18-4-1-15(2-5-18)10-20-7-8-29-23(32-20)12-21(28-29)24(30)27-19-11-17-9-16(13-26)3-6-22(17)31-14-19/h1-6,9,12,19-20H,7-8,10-11,14H2,(H,27,30)/t19-,20?/m1/s1. The van der Waals surface area contributed by atoms with Crippen molar-refractivity contribution in [2.75, 3.05) is 6.61 Å². The molecule has 2 atom stereocenters. The highest BCUT2D eigenvalue weighted by molar-refractivity contribution is 5.92. The zero-order valence-electron chi connectivity index (χ0n) is 17.3. The molecule has 0 saturated carbocycles. The predicted molar refractivity (Wildman–Crippen MR) is 113 cm³/mol. The minimum Gasteiger partial charge on any atom is -0.491 e. The number of nitrogens with zero attached hydrogens (tertiary/aromatic N) is 3. The number of halogens is 1. The van der Waals surface area contributed by atoms with E-state index in [1.807, 2.05) is 0 Å². The van der Waals surface area contributed by atoms with Gasteiger partial charge in [-0.1, -0.05) is 12.1 Å². The third-order valence-electron chi connectivity index (χ3n) is 5.73. The Labute approximate surface area is 184 Å². The van der Waals surface area contributed by atoms with Crippen LogP contribution in [0.25, 0.3) is 0 Å². The number of amides is 1. The number of carbonyl (C=O) groups is 1. The Morgan fingerprint density at radius 1 is 1.25 bits per heavy atom. The van der Waals surface area contributed by atoms with Gasteiger partial charge in [-0.2, -0.15) is 10.4 Å². The van der Waals surface area contributed by atoms with Crippen LogP contribution in [-0.2, 0) is 19.4 Å². The van der Waals surface area contributed by atoms with Crippen LogP contribution in [0.2, 0.25) is 0 Å². The van der Waals surface area contributed by atoms with E-state index < -0.39 is 0 Å². The van der Waals surface area contributed by atoms with E-state index >= 15 is 0 Å². The fraction of sp³-hybridized carbons (Fsp3) is 0.292. The molecule has 0 radical (unpaired) electrons. The van der Waals surface area contributed by atoms with Crippen molar-refractivity contribution in [3.8, 4) is 17.7 Å². The molecule has 1 amide bonds. The molecule has 2 aliphatic rings. The van der Waals surface area contributed by atoms with Crippen LogP contribution in [0, 0.1) is 17.1 Å². The lowest BCUT2D eigenvalue weighted by atomic mass is 10.0. The number of aromatic nitrogens is 2. The number of ether oxygens (including phenoxy) is 2. The lowest BCUT2D eigenvalue weighted by Gasteiger charge is -2.25. The first kappa shape index (κ1) is 20.1. The fourth-order valence-corrected chi connectivity index (χ4v) is 4.10. The third kappa shape index (κ3) is 4.14. The molecule has 0 spiro atoms. The quantitative estimate of drug-likeness (QED) is 0.685. The molecule has 2 aromatic carbocycles. The number of nitriles is 1. The molecule has 0 bridgehead atoms. The van der Waals surface area contributed by atoms with Crippen LogP contribution in [0.5, 0.6) is 11.6 Å². The van der Waals surface area contributed by atoms with Gasteiger partial charge in [0, 0.05) is 25.5 Å². The van der Waals surface area contributed by atoms with Crippen molar-refractivity contribution >= 4 is 5.91 Å². The molecule has 8 heteroatoms. The maximum Gasteiger partial charge on any atom is 0.272 e. The van der Waals surface area contributed by atoms with Crippen molar-refractivity contribution in [1.82, 2.24) is 15.1 Å². The average molecular weight is 432 g/mol. The van der Waals surface area contributed by atoms with Crippen LogP contribution >= 0.6 is 0 Å². The Bertz CT molecular complexity index is 1200. The Hall–Kier alpha value is -3.86. The summed E-state index contributed by atoms with van der Waals surface area (Å²) in [5, 5.41) is 16.4. The number of hydrogen-bond donors (Lipinski definition) is 1. The second-order valence-corrected chi connectivity index (χ2v) is 8.07. The summed E-state index contributed by atoms with van der Waals surface area (Å²) in [6, 6.07) is 15.3. The Kier molecular flexibility index (Phi) is 5.23. The SMILES string of the molecule is N#Cc1ccc2c(c1)C[C@@H](NC(=O)c1cc3n(n1)CCC(Cc1ccc(F)cc1)O3)CO2. The maximum atomic E-state index is 13.1. The van der Waals surface area contributed by atoms with Crippen molar-refractivity contribution in [3.63, 3.8) is 0 Å². The molecule has 0 saturated heterocycles. The zero-order valence-corrected chi connectivity index (χ0v) is 17.3. The molecular weight excluding hydrogens is 411 g/mol. The average Bonchev–Trinajstić information content (AvgIpc) is 3.24. The fourth-order valence-electron chi connectivity index (χ4n) is 4.10. The first-order valence-corrected chi connectivity index (χ1v) is 10.5. The summed E-state index contributed by atoms with van der Waals surface area (Å²) >= 11 is 0. The molecule has 0 fully saturated rings. The Balaban J connectivity index is 1.22. The highest BCUT2D eigenvalue weighted by atomic mass is 19.1. The number of rotatable bonds is 4. The molecule has 0 aliphatic carbocycles. The highest BCUT2D eigenvalue weighted by Gasteiger charge is 2.27. The van der Waals surface area contributed by atoms with Crippen molar-refractivity contribution in [2.45, 2.75) is 38.0 Å². The normalized spacial score (nSPS) is 19.0. The number of aryl methyl sites for hydroxylation is 1. The molecule has 1 aromatic heterocycles. The second kappa shape index (κ2) is 8.35. The van der Waals surface area contributed by atoms with Gasteiger partial charge in [-0.3, -0.25) is 4.79 Å². The van der Waals surface area contributed by atoms with Gasteiger partial charge in [-0.25, -0.2) is 9.07 Å². The molecule has 2 aliphatic heterocycles. The largest absolute Gasteiger partial charge is 0.491 e. The van der Waals surface area contributed by atoms with Crippen molar-refractivity contribution in [1.29, 1.82) is 5.26 Å². The summed E-state index contributed by atoms with van der Waals surface area (Å²) in [5.74, 6) is 0.744. The van der Waals surface area contributed by atoms with E-state index in [-0.39, 0.29) is 23.9 Å². The lowest BCUT2D eigenvalue weighted by Crippen LogP contribution is -2.42. The van der Waals surface area contributed by atoms with Crippen LogP contribution in [0.3, 0.4) is 0 Å². The number of nitrogens with one attached hydrogen (secondary N) is 1. The Morgan fingerprint density at radius 2 is 2.09 bits per heavy atom. The molecule has 3 heterocycles. The second-order valence-electron chi connectivity index (χ2n) is 8.07. The van der Waals surface area contributed by atoms with Gasteiger partial charge >= 0.3 is 0 Å². The van der Waals surface area contributed by atoms with Gasteiger partial charge in [0.15, 0.2) is 5.69 Å². The van der Waals surface area contributed by atoms with Gasteiger partial charge in [0.2, 0.25) is 5.88 Å². The van der Waals surface area contributed by atoms with Gasteiger partial charge in [-0.15, -0.1) is 0 Å². The highest BCUT2D eigenvalue weighted by Crippen LogP contribution is 2.27. The number of fused-ring (bicyclic) bond motifs is 2. The molecule has 162 valence electrons. The van der Waals surface area contributed by atoms with Crippen LogP contribution in [0.15, 0.2) is 48.5 Å². The first-order valence-electron chi connectivity index (χ1n) is 10.5. The maximum absolute atomic E-state index is 13.1. The molecule has 1 N–H and O–H groups in total. The van der Waals surface area contributed by atoms with E-state index in [0.29, 0.717) is 43.1 Å². The zero-order chi connectivity index (χ0) is 22.1. The number of benzene rings is 2. The van der Waals surface area contributed by atoms with Crippen LogP contribution in [0.1, 0.15) is 33.6 Å². The van der Waals surface area contributed by atoms with Gasteiger partial charge in [-0.05, 0) is 47.9 Å². The van der Waals surface area contributed by atoms with Gasteiger partial charge in [0.25, 0.3) is 5.91 Å². The summed E-state index contributed by atoms with van der Waals surface area (Å²) in [5.41, 5.74) is 2.75. The van der Waals surface area contributed by atoms with Crippen molar-refractivity contribution < 1.29 is 18.7 Å². The Morgan fingerprint density at radius 3 is 2.91 bits per heavy atom. The van der Waals surface area contributed by atoms with E-state index in [1.165, 1.54) is 12.1 Å². The van der Waals surface area contributed by atoms with Crippen molar-refractivity contribution in [3.05, 3.63) is 76.7 Å². The van der Waals surface area contributed by atoms with E-state index in [9.17, 15) is 9.18 Å². The van der Waals surface area contributed by atoms with Gasteiger partial charge < -0.3 is 14.8 Å². The molecular formula is C24H21FN4O3. The van der Waals surface area contributed by atoms with Crippen LogP contribution in [-0.4, -0.2) is 34.4 Å². The summed E-state index contributed by atoms with van der Waals surface area (Å²) in [7, 11) is 0. The van der Waals surface area contributed by atoms with Crippen LogP contribution < -0.4 is 14.8 Å². The number of carbonyl (C=O) groups excluding carboxylic acids is 1. The monoisotopic (exact) mass is 432 g/mol. The summed E-state index contributed by atoms with van der Waals surface area (Å²) in [4.78, 5) is 12.8. The summed E-state index contributed by atoms with van der Waals surface area (Å²) in [6.07, 6.45) is 1.94. The predicted octanol–water partition coefficient (Wildman–Crippen LogP) is 3.02. The van der Waals surface area contributed by atoms with Gasteiger partial charge in [0.1, 0.15) is 24.3 Å². The first-order chi connectivity index (χ1) is 15.6. The number of hydrogen-bond acceptors (Lipinski definition) is 5. The minimum atomic E-state index is -0.293. The molecule has 32 heavy (non-hydrogen) atoms. The summed E-state index contributed by atoms with van der Waals surface area (Å²) < 4.78 is 26.6. The van der Waals surface area contributed by atoms with E-state index in [4.69, 9.17) is 14.7 Å². The third-order valence-corrected chi connectivity index (χ3v) is 5.73. The molecule has 5 rings (SSSR count). The molecule has 1 unspecified atom stereocenters. The molecule has 3 aromatic rings.